The van der Waals surface area contributed by atoms with Gasteiger partial charge in [-0.15, -0.1) is 0 Å². The maximum Gasteiger partial charge on any atom is 0.243 e. The van der Waals surface area contributed by atoms with Crippen LogP contribution in [-0.4, -0.2) is 37.0 Å². The number of aliphatic hydroxyl groups is 1. The lowest BCUT2D eigenvalue weighted by Gasteiger charge is -2.34. The van der Waals surface area contributed by atoms with E-state index in [0.29, 0.717) is 0 Å². The standard InChI is InChI=1S/C9H10BrNO3S/c10-7-2-1-3-9(4-7)15(13,14)11-5-8(12)6-11/h1-4,8,12H,5-6H2. The second kappa shape index (κ2) is 3.86. The molecule has 1 saturated heterocycles. The zero-order chi connectivity index (χ0) is 11.1. The van der Waals surface area contributed by atoms with Crippen LogP contribution in [0.25, 0.3) is 0 Å². The molecule has 1 aromatic rings. The highest BCUT2D eigenvalue weighted by Crippen LogP contribution is 2.23. The van der Waals surface area contributed by atoms with E-state index >= 15 is 0 Å². The summed E-state index contributed by atoms with van der Waals surface area (Å²) in [5.41, 5.74) is 0. The predicted octanol–water partition coefficient (Wildman–Crippen LogP) is 0.814. The van der Waals surface area contributed by atoms with Crippen LogP contribution >= 0.6 is 15.9 Å². The molecule has 6 heteroatoms. The first-order valence-corrected chi connectivity index (χ1v) is 6.67. The summed E-state index contributed by atoms with van der Waals surface area (Å²) in [5.74, 6) is 0. The van der Waals surface area contributed by atoms with E-state index in [9.17, 15) is 8.42 Å². The van der Waals surface area contributed by atoms with Crippen LogP contribution in [0.5, 0.6) is 0 Å². The van der Waals surface area contributed by atoms with Crippen molar-refractivity contribution in [3.05, 3.63) is 28.7 Å². The molecule has 0 saturated carbocycles. The van der Waals surface area contributed by atoms with Crippen molar-refractivity contribution in [1.82, 2.24) is 4.31 Å². The minimum Gasteiger partial charge on any atom is -0.390 e. The molecule has 1 aliphatic heterocycles. The molecule has 0 atom stereocenters. The van der Waals surface area contributed by atoms with Gasteiger partial charge >= 0.3 is 0 Å². The summed E-state index contributed by atoms with van der Waals surface area (Å²) in [6.07, 6.45) is -0.521. The van der Waals surface area contributed by atoms with Gasteiger partial charge < -0.3 is 5.11 Å². The Morgan fingerprint density at radius 2 is 2.07 bits per heavy atom. The molecule has 0 aromatic heterocycles. The summed E-state index contributed by atoms with van der Waals surface area (Å²) in [5, 5.41) is 9.07. The van der Waals surface area contributed by atoms with Gasteiger partial charge in [0.1, 0.15) is 0 Å². The van der Waals surface area contributed by atoms with E-state index in [1.165, 1.54) is 4.31 Å². The molecule has 1 aromatic carbocycles. The Hall–Kier alpha value is -0.430. The lowest BCUT2D eigenvalue weighted by Crippen LogP contribution is -2.53. The summed E-state index contributed by atoms with van der Waals surface area (Å²) in [6, 6.07) is 6.54. The van der Waals surface area contributed by atoms with Gasteiger partial charge in [0.25, 0.3) is 0 Å². The van der Waals surface area contributed by atoms with Crippen LogP contribution in [0.3, 0.4) is 0 Å². The fraction of sp³-hybridized carbons (Fsp3) is 0.333. The number of aliphatic hydroxyl groups excluding tert-OH is 1. The highest BCUT2D eigenvalue weighted by molar-refractivity contribution is 9.10. The molecule has 0 bridgehead atoms. The Balaban J connectivity index is 2.30. The van der Waals surface area contributed by atoms with Crippen LogP contribution in [0.1, 0.15) is 0 Å². The molecule has 1 heterocycles. The molecular formula is C9H10BrNO3S. The molecule has 0 spiro atoms. The molecule has 1 fully saturated rings. The zero-order valence-corrected chi connectivity index (χ0v) is 10.2. The number of rotatable bonds is 2. The molecule has 0 unspecified atom stereocenters. The van der Waals surface area contributed by atoms with Gasteiger partial charge in [-0.1, -0.05) is 22.0 Å². The topological polar surface area (TPSA) is 57.6 Å². The van der Waals surface area contributed by atoms with E-state index in [2.05, 4.69) is 15.9 Å². The molecule has 15 heavy (non-hydrogen) atoms. The van der Waals surface area contributed by atoms with E-state index in [1.807, 2.05) is 0 Å². The Kier molecular flexibility index (Phi) is 2.85. The number of sulfonamides is 1. The van der Waals surface area contributed by atoms with Crippen molar-refractivity contribution in [1.29, 1.82) is 0 Å². The van der Waals surface area contributed by atoms with Crippen LogP contribution in [0.15, 0.2) is 33.6 Å². The van der Waals surface area contributed by atoms with E-state index in [-0.39, 0.29) is 18.0 Å². The first-order valence-electron chi connectivity index (χ1n) is 4.44. The Morgan fingerprint density at radius 3 is 2.60 bits per heavy atom. The van der Waals surface area contributed by atoms with E-state index < -0.39 is 16.1 Å². The van der Waals surface area contributed by atoms with Gasteiger partial charge in [0.15, 0.2) is 0 Å². The van der Waals surface area contributed by atoms with Crippen molar-refractivity contribution < 1.29 is 13.5 Å². The number of benzene rings is 1. The number of nitrogens with zero attached hydrogens (tertiary/aromatic N) is 1. The van der Waals surface area contributed by atoms with Crippen LogP contribution < -0.4 is 0 Å². The fourth-order valence-corrected chi connectivity index (χ4v) is 3.50. The fourth-order valence-electron chi connectivity index (χ4n) is 1.39. The summed E-state index contributed by atoms with van der Waals surface area (Å²) in [4.78, 5) is 0.253. The third kappa shape index (κ3) is 2.08. The van der Waals surface area contributed by atoms with Crippen LogP contribution in [0.2, 0.25) is 0 Å². The van der Waals surface area contributed by atoms with Crippen LogP contribution in [0.4, 0.5) is 0 Å². The molecule has 0 radical (unpaired) electrons. The molecule has 2 rings (SSSR count). The monoisotopic (exact) mass is 291 g/mol. The van der Waals surface area contributed by atoms with Crippen molar-refractivity contribution in [3.8, 4) is 0 Å². The highest BCUT2D eigenvalue weighted by atomic mass is 79.9. The van der Waals surface area contributed by atoms with E-state index in [1.54, 1.807) is 24.3 Å². The van der Waals surface area contributed by atoms with E-state index in [4.69, 9.17) is 5.11 Å². The Labute approximate surface area is 96.7 Å². The number of hydrogen-bond donors (Lipinski definition) is 1. The van der Waals surface area contributed by atoms with E-state index in [0.717, 1.165) is 4.47 Å². The average Bonchev–Trinajstić information content (AvgIpc) is 2.13. The largest absolute Gasteiger partial charge is 0.390 e. The van der Waals surface area contributed by atoms with Crippen LogP contribution in [0, 0.1) is 0 Å². The van der Waals surface area contributed by atoms with Crippen molar-refractivity contribution in [2.45, 2.75) is 11.0 Å². The maximum absolute atomic E-state index is 11.9. The first kappa shape index (κ1) is 11.1. The van der Waals surface area contributed by atoms with Gasteiger partial charge in [0.2, 0.25) is 10.0 Å². The molecule has 0 aliphatic carbocycles. The third-order valence-corrected chi connectivity index (χ3v) is 4.58. The molecule has 1 aliphatic rings. The average molecular weight is 292 g/mol. The minimum atomic E-state index is -3.41. The SMILES string of the molecule is O=S(=O)(c1cccc(Br)c1)N1CC(O)C1. The lowest BCUT2D eigenvalue weighted by molar-refractivity contribution is 0.0548. The van der Waals surface area contributed by atoms with Crippen LogP contribution in [-0.2, 0) is 10.0 Å². The normalized spacial score (nSPS) is 18.8. The summed E-state index contributed by atoms with van der Waals surface area (Å²) in [6.45, 7) is 0.379. The summed E-state index contributed by atoms with van der Waals surface area (Å²) < 4.78 is 25.8. The Morgan fingerprint density at radius 1 is 1.40 bits per heavy atom. The van der Waals surface area contributed by atoms with Gasteiger partial charge in [-0.25, -0.2) is 8.42 Å². The zero-order valence-electron chi connectivity index (χ0n) is 7.80. The smallest absolute Gasteiger partial charge is 0.243 e. The number of hydrogen-bond acceptors (Lipinski definition) is 3. The van der Waals surface area contributed by atoms with Gasteiger partial charge in [-0.05, 0) is 18.2 Å². The van der Waals surface area contributed by atoms with Gasteiger partial charge in [-0.3, -0.25) is 0 Å². The molecule has 0 amide bonds. The number of halogens is 1. The maximum atomic E-state index is 11.9. The second-order valence-corrected chi connectivity index (χ2v) is 6.29. The quantitative estimate of drug-likeness (QED) is 0.878. The predicted molar refractivity (Wildman–Crippen MR) is 58.9 cm³/mol. The van der Waals surface area contributed by atoms with Crippen molar-refractivity contribution >= 4 is 26.0 Å². The molecule has 1 N–H and O–H groups in total. The third-order valence-electron chi connectivity index (χ3n) is 2.26. The second-order valence-electron chi connectivity index (χ2n) is 3.43. The molecular weight excluding hydrogens is 282 g/mol. The highest BCUT2D eigenvalue weighted by Gasteiger charge is 2.35. The van der Waals surface area contributed by atoms with Gasteiger partial charge in [-0.2, -0.15) is 4.31 Å². The minimum absolute atomic E-state index is 0.189. The summed E-state index contributed by atoms with van der Waals surface area (Å²) in [7, 11) is -3.41. The van der Waals surface area contributed by atoms with Crippen molar-refractivity contribution in [2.24, 2.45) is 0 Å². The van der Waals surface area contributed by atoms with Gasteiger partial charge in [0, 0.05) is 17.6 Å². The van der Waals surface area contributed by atoms with Gasteiger partial charge in [0.05, 0.1) is 11.0 Å². The molecule has 82 valence electrons. The summed E-state index contributed by atoms with van der Waals surface area (Å²) >= 11 is 3.22. The van der Waals surface area contributed by atoms with Crippen molar-refractivity contribution in [3.63, 3.8) is 0 Å². The number of β-amino-alcohol motifs (C(OH)–C–C–N with tert-alkyl or cyclic N) is 1. The molecule has 4 nitrogen and oxygen atoms in total. The lowest BCUT2D eigenvalue weighted by atomic mass is 10.2. The first-order chi connectivity index (χ1) is 7.00. The van der Waals surface area contributed by atoms with Crippen molar-refractivity contribution in [2.75, 3.05) is 13.1 Å². The Bertz CT molecular complexity index is 468.